The van der Waals surface area contributed by atoms with Crippen molar-refractivity contribution in [2.24, 2.45) is 0 Å². The van der Waals surface area contributed by atoms with E-state index in [9.17, 15) is 13.2 Å². The molecule has 0 aliphatic rings. The normalized spacial score (nSPS) is 13.4. The fourth-order valence-corrected chi connectivity index (χ4v) is 1.31. The fraction of sp³-hybridized carbons (Fsp3) is 0.500. The van der Waals surface area contributed by atoms with Gasteiger partial charge in [-0.25, -0.2) is 0 Å². The number of benzene rings is 1. The Kier molecular flexibility index (Phi) is 5.43. The van der Waals surface area contributed by atoms with Crippen LogP contribution < -0.4 is 10.1 Å². The van der Waals surface area contributed by atoms with Crippen LogP contribution in [-0.2, 0) is 6.18 Å². The van der Waals surface area contributed by atoms with Crippen molar-refractivity contribution in [1.82, 2.24) is 5.32 Å². The summed E-state index contributed by atoms with van der Waals surface area (Å²) in [5.41, 5.74) is -0.725. The van der Waals surface area contributed by atoms with Gasteiger partial charge in [0.15, 0.2) is 0 Å². The molecular formula is C12H16F3NO2. The van der Waals surface area contributed by atoms with E-state index < -0.39 is 17.8 Å². The Morgan fingerprint density at radius 2 is 2.11 bits per heavy atom. The molecule has 0 unspecified atom stereocenters. The molecule has 1 aromatic carbocycles. The van der Waals surface area contributed by atoms with E-state index in [1.807, 2.05) is 0 Å². The maximum Gasteiger partial charge on any atom is 0.416 e. The highest BCUT2D eigenvalue weighted by Crippen LogP contribution is 2.31. The number of halogens is 3. The van der Waals surface area contributed by atoms with E-state index >= 15 is 0 Å². The SMILES string of the molecule is C[C@@H](O)CNCCOc1cccc(C(F)(F)F)c1. The van der Waals surface area contributed by atoms with Gasteiger partial charge in [-0.15, -0.1) is 0 Å². The van der Waals surface area contributed by atoms with Gasteiger partial charge in [-0.1, -0.05) is 6.07 Å². The van der Waals surface area contributed by atoms with Gasteiger partial charge < -0.3 is 15.2 Å². The summed E-state index contributed by atoms with van der Waals surface area (Å²) in [6, 6.07) is 4.75. The highest BCUT2D eigenvalue weighted by molar-refractivity contribution is 5.30. The molecule has 1 atom stereocenters. The van der Waals surface area contributed by atoms with Crippen molar-refractivity contribution in [3.05, 3.63) is 29.8 Å². The van der Waals surface area contributed by atoms with E-state index in [0.29, 0.717) is 13.1 Å². The molecule has 0 heterocycles. The predicted molar refractivity (Wildman–Crippen MR) is 61.5 cm³/mol. The molecule has 0 aliphatic heterocycles. The highest BCUT2D eigenvalue weighted by Gasteiger charge is 2.30. The largest absolute Gasteiger partial charge is 0.492 e. The first-order valence-electron chi connectivity index (χ1n) is 5.58. The molecule has 1 aromatic rings. The van der Waals surface area contributed by atoms with Gasteiger partial charge in [0.2, 0.25) is 0 Å². The van der Waals surface area contributed by atoms with E-state index in [2.05, 4.69) is 5.32 Å². The summed E-state index contributed by atoms with van der Waals surface area (Å²) >= 11 is 0. The predicted octanol–water partition coefficient (Wildman–Crippen LogP) is 2.05. The zero-order chi connectivity index (χ0) is 13.6. The monoisotopic (exact) mass is 263 g/mol. The van der Waals surface area contributed by atoms with Crippen LogP contribution in [0.15, 0.2) is 24.3 Å². The number of aliphatic hydroxyl groups is 1. The first kappa shape index (κ1) is 14.8. The molecule has 0 fully saturated rings. The van der Waals surface area contributed by atoms with Crippen molar-refractivity contribution in [1.29, 1.82) is 0 Å². The minimum absolute atomic E-state index is 0.184. The lowest BCUT2D eigenvalue weighted by Gasteiger charge is -2.11. The topological polar surface area (TPSA) is 41.5 Å². The first-order valence-corrected chi connectivity index (χ1v) is 5.58. The minimum Gasteiger partial charge on any atom is -0.492 e. The number of hydrogen-bond donors (Lipinski definition) is 2. The molecule has 3 nitrogen and oxygen atoms in total. The smallest absolute Gasteiger partial charge is 0.416 e. The zero-order valence-corrected chi connectivity index (χ0v) is 10.00. The van der Waals surface area contributed by atoms with Crippen LogP contribution in [0.4, 0.5) is 13.2 Å². The van der Waals surface area contributed by atoms with Crippen LogP contribution in [0, 0.1) is 0 Å². The van der Waals surface area contributed by atoms with Crippen molar-refractivity contribution in [3.63, 3.8) is 0 Å². The third kappa shape index (κ3) is 5.37. The van der Waals surface area contributed by atoms with Crippen molar-refractivity contribution in [2.45, 2.75) is 19.2 Å². The lowest BCUT2D eigenvalue weighted by Crippen LogP contribution is -2.28. The molecule has 0 radical (unpaired) electrons. The van der Waals surface area contributed by atoms with Crippen molar-refractivity contribution < 1.29 is 23.0 Å². The number of alkyl halides is 3. The minimum atomic E-state index is -4.36. The van der Waals surface area contributed by atoms with Gasteiger partial charge in [0, 0.05) is 13.1 Å². The molecular weight excluding hydrogens is 247 g/mol. The van der Waals surface area contributed by atoms with E-state index in [1.54, 1.807) is 6.92 Å². The third-order valence-electron chi connectivity index (χ3n) is 2.15. The molecule has 102 valence electrons. The van der Waals surface area contributed by atoms with Crippen LogP contribution in [-0.4, -0.2) is 30.9 Å². The average molecular weight is 263 g/mol. The van der Waals surface area contributed by atoms with E-state index in [4.69, 9.17) is 9.84 Å². The Morgan fingerprint density at radius 3 is 2.72 bits per heavy atom. The van der Waals surface area contributed by atoms with Crippen LogP contribution in [0.2, 0.25) is 0 Å². The summed E-state index contributed by atoms with van der Waals surface area (Å²) in [6.07, 6.45) is -4.82. The Bertz CT molecular complexity index is 367. The number of rotatable bonds is 6. The van der Waals surface area contributed by atoms with E-state index in [1.165, 1.54) is 12.1 Å². The highest BCUT2D eigenvalue weighted by atomic mass is 19.4. The fourth-order valence-electron chi connectivity index (χ4n) is 1.31. The van der Waals surface area contributed by atoms with Gasteiger partial charge >= 0.3 is 6.18 Å². The molecule has 6 heteroatoms. The van der Waals surface area contributed by atoms with Gasteiger partial charge in [0.05, 0.1) is 11.7 Å². The van der Waals surface area contributed by atoms with Crippen LogP contribution in [0.1, 0.15) is 12.5 Å². The van der Waals surface area contributed by atoms with Gasteiger partial charge in [-0.3, -0.25) is 0 Å². The Balaban J connectivity index is 2.39. The molecule has 0 saturated carbocycles. The van der Waals surface area contributed by atoms with Gasteiger partial charge in [-0.2, -0.15) is 13.2 Å². The Labute approximate surface area is 104 Å². The molecule has 0 saturated heterocycles. The molecule has 1 rings (SSSR count). The van der Waals surface area contributed by atoms with Crippen LogP contribution in [0.3, 0.4) is 0 Å². The molecule has 0 spiro atoms. The lowest BCUT2D eigenvalue weighted by molar-refractivity contribution is -0.137. The Morgan fingerprint density at radius 1 is 1.39 bits per heavy atom. The second-order valence-electron chi connectivity index (χ2n) is 3.93. The summed E-state index contributed by atoms with van der Waals surface area (Å²) in [4.78, 5) is 0. The molecule has 2 N–H and O–H groups in total. The van der Waals surface area contributed by atoms with Crippen molar-refractivity contribution in [3.8, 4) is 5.75 Å². The molecule has 0 amide bonds. The van der Waals surface area contributed by atoms with E-state index in [-0.39, 0.29) is 12.4 Å². The second kappa shape index (κ2) is 6.61. The first-order chi connectivity index (χ1) is 8.39. The standard InChI is InChI=1S/C12H16F3NO2/c1-9(17)8-16-5-6-18-11-4-2-3-10(7-11)12(13,14)15/h2-4,7,9,16-17H,5-6,8H2,1H3/t9-/m1/s1. The summed E-state index contributed by atoms with van der Waals surface area (Å²) in [5, 5.41) is 11.9. The zero-order valence-electron chi connectivity index (χ0n) is 10.00. The number of aliphatic hydroxyl groups excluding tert-OH is 1. The molecule has 0 bridgehead atoms. The van der Waals surface area contributed by atoms with Crippen molar-refractivity contribution >= 4 is 0 Å². The lowest BCUT2D eigenvalue weighted by atomic mass is 10.2. The van der Waals surface area contributed by atoms with Gasteiger partial charge in [0.1, 0.15) is 12.4 Å². The van der Waals surface area contributed by atoms with Crippen LogP contribution in [0.25, 0.3) is 0 Å². The van der Waals surface area contributed by atoms with Gasteiger partial charge in [0.25, 0.3) is 0 Å². The summed E-state index contributed by atoms with van der Waals surface area (Å²) in [5.74, 6) is 0.184. The maximum atomic E-state index is 12.4. The second-order valence-corrected chi connectivity index (χ2v) is 3.93. The number of hydrogen-bond acceptors (Lipinski definition) is 3. The summed E-state index contributed by atoms with van der Waals surface area (Å²) in [6.45, 7) is 2.77. The number of nitrogens with one attached hydrogen (secondary N) is 1. The molecule has 18 heavy (non-hydrogen) atoms. The van der Waals surface area contributed by atoms with Crippen molar-refractivity contribution in [2.75, 3.05) is 19.7 Å². The third-order valence-corrected chi connectivity index (χ3v) is 2.15. The van der Waals surface area contributed by atoms with Crippen LogP contribution >= 0.6 is 0 Å². The van der Waals surface area contributed by atoms with Crippen LogP contribution in [0.5, 0.6) is 5.75 Å². The summed E-state index contributed by atoms with van der Waals surface area (Å²) in [7, 11) is 0. The quantitative estimate of drug-likeness (QED) is 0.772. The average Bonchev–Trinajstić information content (AvgIpc) is 2.27. The Hall–Kier alpha value is -1.27. The summed E-state index contributed by atoms with van der Waals surface area (Å²) < 4.78 is 42.4. The van der Waals surface area contributed by atoms with Gasteiger partial charge in [-0.05, 0) is 25.1 Å². The molecule has 0 aliphatic carbocycles. The molecule has 0 aromatic heterocycles. The maximum absolute atomic E-state index is 12.4. The number of ether oxygens (including phenoxy) is 1. The van der Waals surface area contributed by atoms with E-state index in [0.717, 1.165) is 12.1 Å².